The molecule has 0 aromatic rings. The SMILES string of the molecule is CC(C)(COCCOC(=O)CCN)OC(C)(C)COCCOC(=O)CCN. The van der Waals surface area contributed by atoms with E-state index in [1.54, 1.807) is 0 Å². The number of hydrogen-bond acceptors (Lipinski definition) is 9. The van der Waals surface area contributed by atoms with Crippen LogP contribution in [-0.2, 0) is 33.3 Å². The normalized spacial score (nSPS) is 12.1. The number of ether oxygens (including phenoxy) is 5. The molecule has 0 amide bonds. The summed E-state index contributed by atoms with van der Waals surface area (Å²) in [6, 6.07) is 0. The van der Waals surface area contributed by atoms with E-state index in [1.165, 1.54) is 0 Å². The van der Waals surface area contributed by atoms with Gasteiger partial charge in [-0.25, -0.2) is 0 Å². The summed E-state index contributed by atoms with van der Waals surface area (Å²) in [5, 5.41) is 0. The van der Waals surface area contributed by atoms with Crippen molar-refractivity contribution in [2.75, 3.05) is 52.7 Å². The third-order valence-electron chi connectivity index (χ3n) is 3.13. The van der Waals surface area contributed by atoms with E-state index in [1.807, 2.05) is 27.7 Å². The molecule has 9 heteroatoms. The Kier molecular flexibility index (Phi) is 13.2. The van der Waals surface area contributed by atoms with E-state index in [0.717, 1.165) is 0 Å². The number of esters is 2. The molecule has 0 saturated carbocycles. The molecule has 0 aromatic carbocycles. The number of nitrogens with two attached hydrogens (primary N) is 2. The molecule has 0 unspecified atom stereocenters. The minimum absolute atomic E-state index is 0.185. The fourth-order valence-corrected chi connectivity index (χ4v) is 2.25. The highest BCUT2D eigenvalue weighted by Gasteiger charge is 2.29. The van der Waals surface area contributed by atoms with E-state index in [4.69, 9.17) is 35.2 Å². The van der Waals surface area contributed by atoms with Crippen molar-refractivity contribution >= 4 is 11.9 Å². The first-order chi connectivity index (χ1) is 12.6. The summed E-state index contributed by atoms with van der Waals surface area (Å²) in [5.74, 6) is -0.660. The summed E-state index contributed by atoms with van der Waals surface area (Å²) in [6.07, 6.45) is 0.407. The molecule has 0 radical (unpaired) electrons. The van der Waals surface area contributed by atoms with Crippen LogP contribution in [0, 0.1) is 0 Å². The molecule has 0 atom stereocenters. The summed E-state index contributed by atoms with van der Waals surface area (Å²) < 4.78 is 27.0. The number of rotatable bonds is 16. The van der Waals surface area contributed by atoms with E-state index < -0.39 is 11.2 Å². The second kappa shape index (κ2) is 13.8. The van der Waals surface area contributed by atoms with Gasteiger partial charge in [0.15, 0.2) is 0 Å². The standard InChI is InChI=1S/C18H36N2O7/c1-17(2,13-23-9-11-25-15(21)5-7-19)27-18(3,4)14-24-10-12-26-16(22)6-8-20/h5-14,19-20H2,1-4H3. The third kappa shape index (κ3) is 15.5. The minimum Gasteiger partial charge on any atom is -0.463 e. The lowest BCUT2D eigenvalue weighted by Crippen LogP contribution is -2.43. The molecule has 9 nitrogen and oxygen atoms in total. The molecule has 0 aromatic heterocycles. The first-order valence-electron chi connectivity index (χ1n) is 9.19. The summed E-state index contributed by atoms with van der Waals surface area (Å²) in [7, 11) is 0. The highest BCUT2D eigenvalue weighted by atomic mass is 16.6. The van der Waals surface area contributed by atoms with Gasteiger partial charge in [-0.1, -0.05) is 0 Å². The van der Waals surface area contributed by atoms with Crippen LogP contribution >= 0.6 is 0 Å². The fourth-order valence-electron chi connectivity index (χ4n) is 2.25. The van der Waals surface area contributed by atoms with Gasteiger partial charge in [0.1, 0.15) is 13.2 Å². The lowest BCUT2D eigenvalue weighted by atomic mass is 10.1. The predicted molar refractivity (Wildman–Crippen MR) is 100 cm³/mol. The van der Waals surface area contributed by atoms with Crippen LogP contribution in [-0.4, -0.2) is 75.9 Å². The van der Waals surface area contributed by atoms with Gasteiger partial charge in [-0.3, -0.25) is 9.59 Å². The Morgan fingerprint density at radius 2 is 1.07 bits per heavy atom. The van der Waals surface area contributed by atoms with Crippen LogP contribution < -0.4 is 11.5 Å². The van der Waals surface area contributed by atoms with Crippen molar-refractivity contribution in [2.45, 2.75) is 51.7 Å². The van der Waals surface area contributed by atoms with E-state index in [-0.39, 0.29) is 64.3 Å². The topological polar surface area (TPSA) is 132 Å². The number of hydrogen-bond donors (Lipinski definition) is 2. The zero-order valence-corrected chi connectivity index (χ0v) is 17.1. The van der Waals surface area contributed by atoms with E-state index in [0.29, 0.717) is 13.2 Å². The van der Waals surface area contributed by atoms with Crippen molar-refractivity contribution in [3.05, 3.63) is 0 Å². The Morgan fingerprint density at radius 1 is 0.704 bits per heavy atom. The Balaban J connectivity index is 3.94. The van der Waals surface area contributed by atoms with E-state index in [9.17, 15) is 9.59 Å². The van der Waals surface area contributed by atoms with E-state index in [2.05, 4.69) is 0 Å². The van der Waals surface area contributed by atoms with Gasteiger partial charge in [-0.05, 0) is 27.7 Å². The van der Waals surface area contributed by atoms with Crippen molar-refractivity contribution in [2.24, 2.45) is 11.5 Å². The lowest BCUT2D eigenvalue weighted by molar-refractivity contribution is -0.176. The van der Waals surface area contributed by atoms with Gasteiger partial charge in [0.2, 0.25) is 0 Å². The van der Waals surface area contributed by atoms with Gasteiger partial charge >= 0.3 is 11.9 Å². The maximum atomic E-state index is 11.2. The zero-order valence-electron chi connectivity index (χ0n) is 17.1. The largest absolute Gasteiger partial charge is 0.463 e. The van der Waals surface area contributed by atoms with Gasteiger partial charge in [-0.2, -0.15) is 0 Å². The van der Waals surface area contributed by atoms with Gasteiger partial charge in [0, 0.05) is 13.1 Å². The summed E-state index contributed by atoms with van der Waals surface area (Å²) in [6.45, 7) is 9.78. The maximum absolute atomic E-state index is 11.2. The highest BCUT2D eigenvalue weighted by molar-refractivity contribution is 5.69. The monoisotopic (exact) mass is 392 g/mol. The predicted octanol–water partition coefficient (Wildman–Crippen LogP) is 0.377. The van der Waals surface area contributed by atoms with Crippen molar-refractivity contribution in [3.63, 3.8) is 0 Å². The van der Waals surface area contributed by atoms with Crippen LogP contribution in [0.2, 0.25) is 0 Å². The van der Waals surface area contributed by atoms with Crippen LogP contribution in [0.15, 0.2) is 0 Å². The fraction of sp³-hybridized carbons (Fsp3) is 0.889. The smallest absolute Gasteiger partial charge is 0.307 e. The molecule has 4 N–H and O–H groups in total. The molecule has 0 rings (SSSR count). The first-order valence-corrected chi connectivity index (χ1v) is 9.19. The molecule has 0 aliphatic rings. The quantitative estimate of drug-likeness (QED) is 0.282. The van der Waals surface area contributed by atoms with Crippen molar-refractivity contribution in [1.82, 2.24) is 0 Å². The first kappa shape index (κ1) is 25.7. The van der Waals surface area contributed by atoms with Crippen LogP contribution in [0.5, 0.6) is 0 Å². The van der Waals surface area contributed by atoms with Gasteiger partial charge < -0.3 is 35.2 Å². The molecule has 0 bridgehead atoms. The lowest BCUT2D eigenvalue weighted by Gasteiger charge is -2.35. The third-order valence-corrected chi connectivity index (χ3v) is 3.13. The number of carbonyl (C=O) groups is 2. The number of carbonyl (C=O) groups excluding carboxylic acids is 2. The molecule has 0 fully saturated rings. The maximum Gasteiger partial charge on any atom is 0.307 e. The van der Waals surface area contributed by atoms with Crippen LogP contribution in [0.1, 0.15) is 40.5 Å². The minimum atomic E-state index is -0.554. The summed E-state index contributed by atoms with van der Waals surface area (Å²) in [4.78, 5) is 22.4. The van der Waals surface area contributed by atoms with Crippen molar-refractivity contribution in [1.29, 1.82) is 0 Å². The highest BCUT2D eigenvalue weighted by Crippen LogP contribution is 2.21. The second-order valence-corrected chi connectivity index (χ2v) is 7.24. The Morgan fingerprint density at radius 3 is 1.41 bits per heavy atom. The summed E-state index contributed by atoms with van der Waals surface area (Å²) >= 11 is 0. The molecule has 0 spiro atoms. The molecular weight excluding hydrogens is 356 g/mol. The van der Waals surface area contributed by atoms with Crippen molar-refractivity contribution in [3.8, 4) is 0 Å². The molecule has 0 aliphatic carbocycles. The molecule has 160 valence electrons. The van der Waals surface area contributed by atoms with E-state index >= 15 is 0 Å². The van der Waals surface area contributed by atoms with Crippen molar-refractivity contribution < 1.29 is 33.3 Å². The van der Waals surface area contributed by atoms with Gasteiger partial charge in [-0.15, -0.1) is 0 Å². The molecular formula is C18H36N2O7. The average molecular weight is 392 g/mol. The Hall–Kier alpha value is -1.26. The van der Waals surface area contributed by atoms with Crippen LogP contribution in [0.25, 0.3) is 0 Å². The van der Waals surface area contributed by atoms with Gasteiger partial charge in [0.25, 0.3) is 0 Å². The van der Waals surface area contributed by atoms with Crippen LogP contribution in [0.4, 0.5) is 0 Å². The Labute approximate surface area is 162 Å². The molecule has 27 heavy (non-hydrogen) atoms. The van der Waals surface area contributed by atoms with Gasteiger partial charge in [0.05, 0.1) is 50.5 Å². The molecule has 0 heterocycles. The second-order valence-electron chi connectivity index (χ2n) is 7.24. The summed E-state index contributed by atoms with van der Waals surface area (Å²) in [5.41, 5.74) is 9.43. The zero-order chi connectivity index (χ0) is 20.8. The van der Waals surface area contributed by atoms with Crippen LogP contribution in [0.3, 0.4) is 0 Å². The molecule has 0 saturated heterocycles. The average Bonchev–Trinajstić information content (AvgIpc) is 2.53. The molecule has 0 aliphatic heterocycles. The Bertz CT molecular complexity index is 390.